The first kappa shape index (κ1) is 14.5. The van der Waals surface area contributed by atoms with Gasteiger partial charge >= 0.3 is 10.2 Å². The predicted molar refractivity (Wildman–Crippen MR) is 71.3 cm³/mol. The number of rotatable bonds is 5. The second-order valence-electron chi connectivity index (χ2n) is 4.34. The molecule has 0 aliphatic heterocycles. The van der Waals surface area contributed by atoms with Crippen LogP contribution in [-0.4, -0.2) is 22.0 Å². The van der Waals surface area contributed by atoms with E-state index in [2.05, 4.69) is 4.72 Å². The van der Waals surface area contributed by atoms with Crippen molar-refractivity contribution in [1.29, 1.82) is 5.26 Å². The van der Waals surface area contributed by atoms with Gasteiger partial charge in [0.15, 0.2) is 0 Å². The third-order valence-electron chi connectivity index (χ3n) is 2.40. The van der Waals surface area contributed by atoms with Crippen molar-refractivity contribution in [2.24, 2.45) is 5.92 Å². The van der Waals surface area contributed by atoms with E-state index in [-0.39, 0.29) is 5.92 Å². The second kappa shape index (κ2) is 5.85. The molecule has 1 aromatic rings. The summed E-state index contributed by atoms with van der Waals surface area (Å²) in [4.78, 5) is 0. The van der Waals surface area contributed by atoms with Crippen molar-refractivity contribution in [2.75, 3.05) is 17.9 Å². The number of hydrogen-bond acceptors (Lipinski definition) is 3. The number of nitrogens with one attached hydrogen (secondary N) is 1. The second-order valence-corrected chi connectivity index (χ2v) is 6.13. The molecule has 0 unspecified atom stereocenters. The third kappa shape index (κ3) is 3.45. The lowest BCUT2D eigenvalue weighted by molar-refractivity contribution is 0.558. The molecule has 1 rings (SSSR count). The highest BCUT2D eigenvalue weighted by Gasteiger charge is 2.20. The molecule has 0 aromatic heterocycles. The van der Waals surface area contributed by atoms with Crippen molar-refractivity contribution in [1.82, 2.24) is 4.72 Å². The molecule has 0 spiro atoms. The predicted octanol–water partition coefficient (Wildman–Crippen LogP) is 1.48. The van der Waals surface area contributed by atoms with Gasteiger partial charge in [-0.05, 0) is 18.1 Å². The molecule has 0 aliphatic carbocycles. The molecule has 0 radical (unpaired) electrons. The Bertz CT molecular complexity index is 547. The molecule has 0 amide bonds. The average molecular weight is 267 g/mol. The lowest BCUT2D eigenvalue weighted by Crippen LogP contribution is -2.40. The zero-order valence-corrected chi connectivity index (χ0v) is 11.5. The molecule has 0 aliphatic rings. The molecule has 98 valence electrons. The highest BCUT2D eigenvalue weighted by atomic mass is 32.2. The third-order valence-corrected chi connectivity index (χ3v) is 3.85. The summed E-state index contributed by atoms with van der Waals surface area (Å²) in [6.45, 7) is 4.21. The van der Waals surface area contributed by atoms with E-state index in [4.69, 9.17) is 5.26 Å². The highest BCUT2D eigenvalue weighted by Crippen LogP contribution is 2.20. The Balaban J connectivity index is 3.00. The van der Waals surface area contributed by atoms with Gasteiger partial charge in [0.05, 0.1) is 11.3 Å². The van der Waals surface area contributed by atoms with Crippen molar-refractivity contribution in [2.45, 2.75) is 13.8 Å². The smallest absolute Gasteiger partial charge is 0.260 e. The van der Waals surface area contributed by atoms with Gasteiger partial charge in [-0.15, -0.1) is 0 Å². The summed E-state index contributed by atoms with van der Waals surface area (Å²) < 4.78 is 27.6. The Labute approximate surface area is 108 Å². The molecule has 0 bridgehead atoms. The van der Waals surface area contributed by atoms with Crippen molar-refractivity contribution < 1.29 is 8.42 Å². The Morgan fingerprint density at radius 2 is 2.00 bits per heavy atom. The van der Waals surface area contributed by atoms with Crippen LogP contribution in [-0.2, 0) is 10.2 Å². The van der Waals surface area contributed by atoms with E-state index in [0.29, 0.717) is 17.8 Å². The van der Waals surface area contributed by atoms with Crippen LogP contribution in [0.3, 0.4) is 0 Å². The largest absolute Gasteiger partial charge is 0.301 e. The molecule has 5 nitrogen and oxygen atoms in total. The van der Waals surface area contributed by atoms with Gasteiger partial charge in [0, 0.05) is 13.6 Å². The van der Waals surface area contributed by atoms with Crippen LogP contribution in [0.25, 0.3) is 0 Å². The minimum absolute atomic E-state index is 0.222. The van der Waals surface area contributed by atoms with Gasteiger partial charge < -0.3 is 0 Å². The Hall–Kier alpha value is -1.58. The maximum atomic E-state index is 12.0. The topological polar surface area (TPSA) is 73.2 Å². The summed E-state index contributed by atoms with van der Waals surface area (Å²) in [5, 5.41) is 8.96. The minimum Gasteiger partial charge on any atom is -0.260 e. The first-order valence-corrected chi connectivity index (χ1v) is 7.05. The SMILES string of the molecule is CC(C)CNS(=O)(=O)N(C)c1ccccc1C#N. The van der Waals surface area contributed by atoms with Crippen LogP contribution in [0.4, 0.5) is 5.69 Å². The maximum Gasteiger partial charge on any atom is 0.301 e. The van der Waals surface area contributed by atoms with E-state index >= 15 is 0 Å². The number of para-hydroxylation sites is 1. The summed E-state index contributed by atoms with van der Waals surface area (Å²) in [6, 6.07) is 8.57. The van der Waals surface area contributed by atoms with Gasteiger partial charge in [-0.3, -0.25) is 4.31 Å². The molecular formula is C12H17N3O2S. The van der Waals surface area contributed by atoms with Crippen LogP contribution >= 0.6 is 0 Å². The number of benzene rings is 1. The van der Waals surface area contributed by atoms with Gasteiger partial charge in [0.25, 0.3) is 0 Å². The molecule has 0 saturated carbocycles. The molecule has 1 N–H and O–H groups in total. The molecule has 6 heteroatoms. The normalized spacial score (nSPS) is 11.3. The van der Waals surface area contributed by atoms with E-state index in [1.807, 2.05) is 19.9 Å². The zero-order valence-electron chi connectivity index (χ0n) is 10.7. The molecule has 0 fully saturated rings. The van der Waals surface area contributed by atoms with E-state index in [1.165, 1.54) is 7.05 Å². The van der Waals surface area contributed by atoms with Crippen LogP contribution < -0.4 is 9.03 Å². The first-order valence-electron chi connectivity index (χ1n) is 5.61. The van der Waals surface area contributed by atoms with Gasteiger partial charge in [-0.25, -0.2) is 0 Å². The summed E-state index contributed by atoms with van der Waals surface area (Å²) in [6.07, 6.45) is 0. The monoisotopic (exact) mass is 267 g/mol. The molecule has 0 saturated heterocycles. The average Bonchev–Trinajstić information content (AvgIpc) is 2.35. The molecular weight excluding hydrogens is 250 g/mol. The molecule has 0 heterocycles. The minimum atomic E-state index is -3.61. The summed E-state index contributed by atoms with van der Waals surface area (Å²) in [5.74, 6) is 0.222. The molecule has 1 aromatic carbocycles. The molecule has 18 heavy (non-hydrogen) atoms. The van der Waals surface area contributed by atoms with Crippen LogP contribution in [0.15, 0.2) is 24.3 Å². The Morgan fingerprint density at radius 3 is 2.56 bits per heavy atom. The van der Waals surface area contributed by atoms with Gasteiger partial charge in [0.1, 0.15) is 6.07 Å². The van der Waals surface area contributed by atoms with Crippen molar-refractivity contribution in [3.8, 4) is 6.07 Å². The van der Waals surface area contributed by atoms with E-state index in [1.54, 1.807) is 24.3 Å². The number of nitrogens with zero attached hydrogens (tertiary/aromatic N) is 2. The van der Waals surface area contributed by atoms with Crippen LogP contribution in [0, 0.1) is 17.2 Å². The first-order chi connectivity index (χ1) is 8.38. The van der Waals surface area contributed by atoms with E-state index in [0.717, 1.165) is 4.31 Å². The maximum absolute atomic E-state index is 12.0. The Morgan fingerprint density at radius 1 is 1.39 bits per heavy atom. The summed E-state index contributed by atoms with van der Waals surface area (Å²) in [7, 11) is -2.18. The number of anilines is 1. The lowest BCUT2D eigenvalue weighted by atomic mass is 10.2. The Kier molecular flexibility index (Phi) is 4.70. The highest BCUT2D eigenvalue weighted by molar-refractivity contribution is 7.90. The zero-order chi connectivity index (χ0) is 13.8. The standard InChI is InChI=1S/C12H17N3O2S/c1-10(2)9-14-18(16,17)15(3)12-7-5-4-6-11(12)8-13/h4-7,10,14H,9H2,1-3H3. The van der Waals surface area contributed by atoms with Crippen molar-refractivity contribution in [3.05, 3.63) is 29.8 Å². The van der Waals surface area contributed by atoms with E-state index in [9.17, 15) is 8.42 Å². The van der Waals surface area contributed by atoms with Gasteiger partial charge in [0.2, 0.25) is 0 Å². The fraction of sp³-hybridized carbons (Fsp3) is 0.417. The van der Waals surface area contributed by atoms with Crippen molar-refractivity contribution in [3.63, 3.8) is 0 Å². The van der Waals surface area contributed by atoms with Gasteiger partial charge in [-0.1, -0.05) is 26.0 Å². The quantitative estimate of drug-likeness (QED) is 0.878. The summed E-state index contributed by atoms with van der Waals surface area (Å²) in [5.41, 5.74) is 0.700. The van der Waals surface area contributed by atoms with E-state index < -0.39 is 10.2 Å². The molecule has 0 atom stereocenters. The van der Waals surface area contributed by atoms with Crippen LogP contribution in [0.1, 0.15) is 19.4 Å². The lowest BCUT2D eigenvalue weighted by Gasteiger charge is -2.21. The number of hydrogen-bond donors (Lipinski definition) is 1. The summed E-state index contributed by atoms with van der Waals surface area (Å²) >= 11 is 0. The fourth-order valence-corrected chi connectivity index (χ4v) is 2.50. The fourth-order valence-electron chi connectivity index (χ4n) is 1.34. The van der Waals surface area contributed by atoms with Gasteiger partial charge in [-0.2, -0.15) is 18.4 Å². The van der Waals surface area contributed by atoms with Crippen LogP contribution in [0.5, 0.6) is 0 Å². The number of nitriles is 1. The van der Waals surface area contributed by atoms with Crippen LogP contribution in [0.2, 0.25) is 0 Å². The van der Waals surface area contributed by atoms with Crippen molar-refractivity contribution >= 4 is 15.9 Å².